The van der Waals surface area contributed by atoms with Crippen LogP contribution in [0.15, 0.2) is 24.3 Å². The summed E-state index contributed by atoms with van der Waals surface area (Å²) in [6.45, 7) is 1.95. The maximum absolute atomic E-state index is 12.4. The second kappa shape index (κ2) is 5.69. The molecule has 1 aliphatic heterocycles. The number of nitrogens with one attached hydrogen (secondary N) is 1. The van der Waals surface area contributed by atoms with Crippen molar-refractivity contribution in [1.29, 1.82) is 0 Å². The molecule has 1 unspecified atom stereocenters. The van der Waals surface area contributed by atoms with Crippen LogP contribution in [0.25, 0.3) is 0 Å². The van der Waals surface area contributed by atoms with Crippen LogP contribution in [-0.4, -0.2) is 43.4 Å². The minimum Gasteiger partial charge on any atom is -0.485 e. The first-order chi connectivity index (χ1) is 8.98. The SMILES string of the molecule is CCN(CC1CNc2ccccc2O1)CC(F)(F)F. The van der Waals surface area contributed by atoms with Crippen LogP contribution < -0.4 is 10.1 Å². The van der Waals surface area contributed by atoms with Crippen molar-refractivity contribution in [2.75, 3.05) is 31.5 Å². The van der Waals surface area contributed by atoms with Crippen molar-refractivity contribution >= 4 is 5.69 Å². The first-order valence-electron chi connectivity index (χ1n) is 6.26. The number of anilines is 1. The fraction of sp³-hybridized carbons (Fsp3) is 0.538. The number of ether oxygens (including phenoxy) is 1. The molecular weight excluding hydrogens is 257 g/mol. The number of hydrogen-bond donors (Lipinski definition) is 1. The Bertz CT molecular complexity index is 423. The molecule has 0 spiro atoms. The second-order valence-electron chi connectivity index (χ2n) is 4.56. The molecule has 1 heterocycles. The molecule has 0 saturated heterocycles. The largest absolute Gasteiger partial charge is 0.485 e. The second-order valence-corrected chi connectivity index (χ2v) is 4.56. The fourth-order valence-electron chi connectivity index (χ4n) is 2.11. The van der Waals surface area contributed by atoms with Gasteiger partial charge < -0.3 is 10.1 Å². The molecule has 6 heteroatoms. The quantitative estimate of drug-likeness (QED) is 0.913. The van der Waals surface area contributed by atoms with Crippen molar-refractivity contribution in [1.82, 2.24) is 4.90 Å². The van der Waals surface area contributed by atoms with Crippen molar-refractivity contribution in [3.05, 3.63) is 24.3 Å². The van der Waals surface area contributed by atoms with E-state index in [0.717, 1.165) is 5.69 Å². The number of nitrogens with zero attached hydrogens (tertiary/aromatic N) is 1. The zero-order valence-electron chi connectivity index (χ0n) is 10.7. The van der Waals surface area contributed by atoms with E-state index in [0.29, 0.717) is 18.8 Å². The predicted octanol–water partition coefficient (Wildman–Crippen LogP) is 2.74. The smallest absolute Gasteiger partial charge is 0.401 e. The standard InChI is InChI=1S/C13H17F3N2O/c1-2-18(9-13(14,15)16)8-10-7-17-11-5-3-4-6-12(11)19-10/h3-6,10,17H,2,7-9H2,1H3. The van der Waals surface area contributed by atoms with Gasteiger partial charge in [0.15, 0.2) is 0 Å². The maximum Gasteiger partial charge on any atom is 0.401 e. The molecule has 1 N–H and O–H groups in total. The lowest BCUT2D eigenvalue weighted by Crippen LogP contribution is -2.44. The van der Waals surface area contributed by atoms with Crippen LogP contribution >= 0.6 is 0 Å². The molecule has 0 aromatic heterocycles. The summed E-state index contributed by atoms with van der Waals surface area (Å²) in [6.07, 6.45) is -4.44. The van der Waals surface area contributed by atoms with E-state index in [-0.39, 0.29) is 12.6 Å². The molecule has 3 nitrogen and oxygen atoms in total. The van der Waals surface area contributed by atoms with E-state index in [9.17, 15) is 13.2 Å². The summed E-state index contributed by atoms with van der Waals surface area (Å²) in [5.41, 5.74) is 0.887. The van der Waals surface area contributed by atoms with Gasteiger partial charge in [0.1, 0.15) is 11.9 Å². The highest BCUT2D eigenvalue weighted by molar-refractivity contribution is 5.57. The van der Waals surface area contributed by atoms with Crippen LogP contribution in [0.2, 0.25) is 0 Å². The first-order valence-corrected chi connectivity index (χ1v) is 6.26. The van der Waals surface area contributed by atoms with Crippen molar-refractivity contribution in [2.45, 2.75) is 19.2 Å². The number of rotatable bonds is 4. The molecule has 0 saturated carbocycles. The van der Waals surface area contributed by atoms with Gasteiger partial charge in [0.05, 0.1) is 18.8 Å². The minimum atomic E-state index is -4.17. The minimum absolute atomic E-state index is 0.261. The molecule has 106 valence electrons. The van der Waals surface area contributed by atoms with Gasteiger partial charge >= 0.3 is 6.18 Å². The van der Waals surface area contributed by atoms with E-state index < -0.39 is 12.7 Å². The average Bonchev–Trinajstić information content (AvgIpc) is 2.36. The Hall–Kier alpha value is -1.43. The molecule has 1 atom stereocenters. The summed E-state index contributed by atoms with van der Waals surface area (Å²) in [4.78, 5) is 1.35. The summed E-state index contributed by atoms with van der Waals surface area (Å²) in [5.74, 6) is 0.696. The highest BCUT2D eigenvalue weighted by Gasteiger charge is 2.31. The van der Waals surface area contributed by atoms with Gasteiger partial charge in [-0.1, -0.05) is 19.1 Å². The van der Waals surface area contributed by atoms with Gasteiger partial charge in [-0.2, -0.15) is 13.2 Å². The molecule has 0 bridgehead atoms. The molecule has 1 aromatic rings. The third-order valence-corrected chi connectivity index (χ3v) is 3.01. The molecule has 0 radical (unpaired) electrons. The van der Waals surface area contributed by atoms with Crippen LogP contribution in [0.4, 0.5) is 18.9 Å². The Labute approximate surface area is 110 Å². The van der Waals surface area contributed by atoms with E-state index in [2.05, 4.69) is 5.32 Å². The maximum atomic E-state index is 12.4. The van der Waals surface area contributed by atoms with Crippen LogP contribution in [0.5, 0.6) is 5.75 Å². The number of alkyl halides is 3. The fourth-order valence-corrected chi connectivity index (χ4v) is 2.11. The first kappa shape index (κ1) is 14.0. The van der Waals surface area contributed by atoms with E-state index in [1.54, 1.807) is 6.92 Å². The van der Waals surface area contributed by atoms with Crippen molar-refractivity contribution < 1.29 is 17.9 Å². The Morgan fingerprint density at radius 1 is 1.37 bits per heavy atom. The third kappa shape index (κ3) is 4.02. The zero-order valence-corrected chi connectivity index (χ0v) is 10.7. The molecule has 0 amide bonds. The number of para-hydroxylation sites is 2. The van der Waals surface area contributed by atoms with E-state index in [1.807, 2.05) is 24.3 Å². The Morgan fingerprint density at radius 2 is 2.11 bits per heavy atom. The Morgan fingerprint density at radius 3 is 2.79 bits per heavy atom. The number of benzene rings is 1. The van der Waals surface area contributed by atoms with E-state index >= 15 is 0 Å². The molecule has 2 rings (SSSR count). The van der Waals surface area contributed by atoms with Crippen molar-refractivity contribution in [2.24, 2.45) is 0 Å². The normalized spacial score (nSPS) is 18.7. The van der Waals surface area contributed by atoms with E-state index in [1.165, 1.54) is 4.90 Å². The highest BCUT2D eigenvalue weighted by atomic mass is 19.4. The lowest BCUT2D eigenvalue weighted by Gasteiger charge is -2.31. The van der Waals surface area contributed by atoms with Crippen LogP contribution in [0, 0.1) is 0 Å². The average molecular weight is 274 g/mol. The van der Waals surface area contributed by atoms with Crippen LogP contribution in [-0.2, 0) is 0 Å². The molecule has 1 aliphatic rings. The van der Waals surface area contributed by atoms with Crippen LogP contribution in [0.3, 0.4) is 0 Å². The number of hydrogen-bond acceptors (Lipinski definition) is 3. The molecule has 1 aromatic carbocycles. The summed E-state index contributed by atoms with van der Waals surface area (Å²) < 4.78 is 42.9. The molecule has 0 fully saturated rings. The number of fused-ring (bicyclic) bond motifs is 1. The van der Waals surface area contributed by atoms with Gasteiger partial charge in [0, 0.05) is 6.54 Å². The number of likely N-dealkylation sites (N-methyl/N-ethyl adjacent to an activating group) is 1. The van der Waals surface area contributed by atoms with Gasteiger partial charge in [-0.15, -0.1) is 0 Å². The van der Waals surface area contributed by atoms with Crippen LogP contribution in [0.1, 0.15) is 6.92 Å². The Balaban J connectivity index is 1.94. The van der Waals surface area contributed by atoms with Gasteiger partial charge in [0.25, 0.3) is 0 Å². The summed E-state index contributed by atoms with van der Waals surface area (Å²) in [5, 5.41) is 3.17. The lowest BCUT2D eigenvalue weighted by atomic mass is 10.2. The van der Waals surface area contributed by atoms with Crippen molar-refractivity contribution in [3.8, 4) is 5.75 Å². The van der Waals surface area contributed by atoms with Gasteiger partial charge in [-0.3, -0.25) is 4.90 Å². The van der Waals surface area contributed by atoms with Gasteiger partial charge in [0.2, 0.25) is 0 Å². The highest BCUT2D eigenvalue weighted by Crippen LogP contribution is 2.28. The topological polar surface area (TPSA) is 24.5 Å². The van der Waals surface area contributed by atoms with Gasteiger partial charge in [-0.05, 0) is 18.7 Å². The Kier molecular flexibility index (Phi) is 4.19. The number of halogens is 3. The molecule has 19 heavy (non-hydrogen) atoms. The van der Waals surface area contributed by atoms with Gasteiger partial charge in [-0.25, -0.2) is 0 Å². The summed E-state index contributed by atoms with van der Waals surface area (Å²) in [6, 6.07) is 7.43. The molecular formula is C13H17F3N2O. The lowest BCUT2D eigenvalue weighted by molar-refractivity contribution is -0.147. The van der Waals surface area contributed by atoms with Crippen molar-refractivity contribution in [3.63, 3.8) is 0 Å². The monoisotopic (exact) mass is 274 g/mol. The zero-order chi connectivity index (χ0) is 13.9. The summed E-state index contributed by atoms with van der Waals surface area (Å²) >= 11 is 0. The molecule has 0 aliphatic carbocycles. The predicted molar refractivity (Wildman–Crippen MR) is 67.5 cm³/mol. The summed E-state index contributed by atoms with van der Waals surface area (Å²) in [7, 11) is 0. The third-order valence-electron chi connectivity index (χ3n) is 3.01. The van der Waals surface area contributed by atoms with E-state index in [4.69, 9.17) is 4.74 Å².